The molecule has 134 valence electrons. The lowest BCUT2D eigenvalue weighted by Gasteiger charge is -2.39. The highest BCUT2D eigenvalue weighted by molar-refractivity contribution is 6.09. The number of carbonyl (C=O) groups excluding carboxylic acids is 2. The second-order valence-corrected chi connectivity index (χ2v) is 7.56. The largest absolute Gasteiger partial charge is 0.342 e. The van der Waals surface area contributed by atoms with E-state index >= 15 is 0 Å². The summed E-state index contributed by atoms with van der Waals surface area (Å²) in [7, 11) is 0. The third kappa shape index (κ3) is 3.03. The van der Waals surface area contributed by atoms with Gasteiger partial charge in [-0.1, -0.05) is 0 Å². The van der Waals surface area contributed by atoms with E-state index in [9.17, 15) is 14.0 Å². The van der Waals surface area contributed by atoms with Crippen molar-refractivity contribution in [3.63, 3.8) is 0 Å². The molecule has 25 heavy (non-hydrogen) atoms. The van der Waals surface area contributed by atoms with Crippen LogP contribution in [0, 0.1) is 17.2 Å². The van der Waals surface area contributed by atoms with E-state index in [2.05, 4.69) is 5.32 Å². The van der Waals surface area contributed by atoms with Crippen molar-refractivity contribution >= 4 is 17.5 Å². The van der Waals surface area contributed by atoms with Crippen molar-refractivity contribution < 1.29 is 14.0 Å². The molecule has 1 atom stereocenters. The molecule has 6 heteroatoms. The van der Waals surface area contributed by atoms with Gasteiger partial charge in [0.15, 0.2) is 0 Å². The fourth-order valence-corrected chi connectivity index (χ4v) is 4.43. The Kier molecular flexibility index (Phi) is 4.23. The molecular formula is C19H24FN3O2. The van der Waals surface area contributed by atoms with Crippen molar-refractivity contribution in [2.24, 2.45) is 11.3 Å². The number of halogens is 1. The predicted octanol–water partition coefficient (Wildman–Crippen LogP) is 1.78. The van der Waals surface area contributed by atoms with E-state index in [4.69, 9.17) is 0 Å². The van der Waals surface area contributed by atoms with E-state index < -0.39 is 5.92 Å². The van der Waals surface area contributed by atoms with Crippen molar-refractivity contribution in [1.29, 1.82) is 0 Å². The van der Waals surface area contributed by atoms with Crippen LogP contribution in [0.5, 0.6) is 0 Å². The summed E-state index contributed by atoms with van der Waals surface area (Å²) in [6.07, 6.45) is 3.77. The fourth-order valence-electron chi connectivity index (χ4n) is 4.43. The van der Waals surface area contributed by atoms with Crippen molar-refractivity contribution in [3.8, 4) is 0 Å². The molecule has 1 unspecified atom stereocenters. The molecule has 0 saturated carbocycles. The Morgan fingerprint density at radius 2 is 1.84 bits per heavy atom. The van der Waals surface area contributed by atoms with Crippen molar-refractivity contribution in [3.05, 3.63) is 30.1 Å². The Labute approximate surface area is 147 Å². The number of nitrogens with zero attached hydrogens (tertiary/aromatic N) is 2. The third-order valence-corrected chi connectivity index (χ3v) is 6.11. The quantitative estimate of drug-likeness (QED) is 0.832. The number of amides is 2. The van der Waals surface area contributed by atoms with Crippen LogP contribution >= 0.6 is 0 Å². The number of likely N-dealkylation sites (tertiary alicyclic amines) is 1. The van der Waals surface area contributed by atoms with Crippen molar-refractivity contribution in [2.75, 3.05) is 37.6 Å². The highest BCUT2D eigenvalue weighted by Gasteiger charge is 2.43. The average Bonchev–Trinajstić information content (AvgIpc) is 3.23. The van der Waals surface area contributed by atoms with E-state index in [0.29, 0.717) is 24.1 Å². The van der Waals surface area contributed by atoms with Gasteiger partial charge in [0.1, 0.15) is 11.7 Å². The lowest BCUT2D eigenvalue weighted by Crippen LogP contribution is -2.47. The summed E-state index contributed by atoms with van der Waals surface area (Å²) in [5, 5.41) is 3.43. The van der Waals surface area contributed by atoms with Gasteiger partial charge in [-0.25, -0.2) is 4.39 Å². The first-order valence-corrected chi connectivity index (χ1v) is 9.15. The summed E-state index contributed by atoms with van der Waals surface area (Å²) >= 11 is 0. The average molecular weight is 345 g/mol. The molecule has 3 saturated heterocycles. The summed E-state index contributed by atoms with van der Waals surface area (Å²) in [5.74, 6) is -1.10. The maximum atomic E-state index is 13.1. The first kappa shape index (κ1) is 16.5. The zero-order chi connectivity index (χ0) is 17.4. The van der Waals surface area contributed by atoms with Crippen LogP contribution in [0.3, 0.4) is 0 Å². The van der Waals surface area contributed by atoms with E-state index in [1.807, 2.05) is 4.90 Å². The second kappa shape index (κ2) is 6.41. The molecule has 3 fully saturated rings. The summed E-state index contributed by atoms with van der Waals surface area (Å²) in [6.45, 7) is 4.14. The molecule has 1 aromatic rings. The molecule has 2 amide bonds. The Bertz CT molecular complexity index is 660. The molecule has 3 aliphatic rings. The van der Waals surface area contributed by atoms with Crippen LogP contribution in [0.2, 0.25) is 0 Å². The van der Waals surface area contributed by atoms with E-state index in [1.54, 1.807) is 17.0 Å². The van der Waals surface area contributed by atoms with Gasteiger partial charge in [-0.05, 0) is 61.9 Å². The van der Waals surface area contributed by atoms with Crippen LogP contribution in [0.4, 0.5) is 10.1 Å². The number of hydrogen-bond acceptors (Lipinski definition) is 3. The fraction of sp³-hybridized carbons (Fsp3) is 0.579. The molecule has 3 heterocycles. The molecule has 4 rings (SSSR count). The zero-order valence-electron chi connectivity index (χ0n) is 14.3. The molecule has 0 aromatic heterocycles. The van der Waals surface area contributed by atoms with Gasteiger partial charge < -0.3 is 15.1 Å². The van der Waals surface area contributed by atoms with E-state index in [0.717, 1.165) is 39.0 Å². The minimum absolute atomic E-state index is 0.0320. The Morgan fingerprint density at radius 3 is 2.48 bits per heavy atom. The van der Waals surface area contributed by atoms with Gasteiger partial charge in [0, 0.05) is 31.9 Å². The Hall–Kier alpha value is -1.95. The number of piperidine rings is 1. The normalized spacial score (nSPS) is 25.8. The maximum absolute atomic E-state index is 13.1. The number of nitrogens with one attached hydrogen (secondary N) is 1. The molecule has 3 aliphatic heterocycles. The summed E-state index contributed by atoms with van der Waals surface area (Å²) in [4.78, 5) is 29.0. The van der Waals surface area contributed by atoms with Gasteiger partial charge in [-0.15, -0.1) is 0 Å². The van der Waals surface area contributed by atoms with Gasteiger partial charge in [0.2, 0.25) is 11.8 Å². The molecule has 1 N–H and O–H groups in total. The monoisotopic (exact) mass is 345 g/mol. The van der Waals surface area contributed by atoms with Crippen molar-refractivity contribution in [1.82, 2.24) is 10.2 Å². The molecule has 0 aliphatic carbocycles. The van der Waals surface area contributed by atoms with Crippen LogP contribution in [-0.4, -0.2) is 49.4 Å². The van der Waals surface area contributed by atoms with Crippen LogP contribution in [-0.2, 0) is 9.59 Å². The zero-order valence-corrected chi connectivity index (χ0v) is 14.3. The number of rotatable bonds is 2. The Balaban J connectivity index is 1.40. The lowest BCUT2D eigenvalue weighted by molar-refractivity contribution is -0.141. The SMILES string of the molecule is O=C(C1CCN(c2ccc(F)cc2)C1=O)N1CCC2(CCNC2)CC1. The minimum atomic E-state index is -0.583. The number of hydrogen-bond donors (Lipinski definition) is 1. The van der Waals surface area contributed by atoms with Gasteiger partial charge in [-0.2, -0.15) is 0 Å². The third-order valence-electron chi connectivity index (χ3n) is 6.11. The highest BCUT2D eigenvalue weighted by Crippen LogP contribution is 2.37. The van der Waals surface area contributed by atoms with Crippen LogP contribution in [0.25, 0.3) is 0 Å². The number of anilines is 1. The second-order valence-electron chi connectivity index (χ2n) is 7.56. The summed E-state index contributed by atoms with van der Waals surface area (Å²) < 4.78 is 13.1. The predicted molar refractivity (Wildman–Crippen MR) is 92.6 cm³/mol. The first-order chi connectivity index (χ1) is 12.1. The van der Waals surface area contributed by atoms with E-state index in [-0.39, 0.29) is 17.6 Å². The smallest absolute Gasteiger partial charge is 0.239 e. The van der Waals surface area contributed by atoms with Gasteiger partial charge in [0.05, 0.1) is 0 Å². The molecule has 1 aromatic carbocycles. The molecule has 5 nitrogen and oxygen atoms in total. The van der Waals surface area contributed by atoms with Gasteiger partial charge in [0.25, 0.3) is 0 Å². The molecular weight excluding hydrogens is 321 g/mol. The number of carbonyl (C=O) groups is 2. The standard InChI is InChI=1S/C19H24FN3O2/c20-14-1-3-15(4-2-14)23-10-5-16(18(23)25)17(24)22-11-7-19(8-12-22)6-9-21-13-19/h1-4,16,21H,5-13H2. The topological polar surface area (TPSA) is 52.7 Å². The number of benzene rings is 1. The van der Waals surface area contributed by atoms with Crippen molar-refractivity contribution in [2.45, 2.75) is 25.7 Å². The summed E-state index contributed by atoms with van der Waals surface area (Å²) in [6, 6.07) is 5.88. The van der Waals surface area contributed by atoms with Crippen LogP contribution in [0.15, 0.2) is 24.3 Å². The maximum Gasteiger partial charge on any atom is 0.239 e. The Morgan fingerprint density at radius 1 is 1.12 bits per heavy atom. The summed E-state index contributed by atoms with van der Waals surface area (Å²) in [5.41, 5.74) is 1.02. The molecule has 0 bridgehead atoms. The lowest BCUT2D eigenvalue weighted by atomic mass is 9.77. The van der Waals surface area contributed by atoms with Crippen LogP contribution in [0.1, 0.15) is 25.7 Å². The van der Waals surface area contributed by atoms with Gasteiger partial charge >= 0.3 is 0 Å². The van der Waals surface area contributed by atoms with E-state index in [1.165, 1.54) is 18.6 Å². The first-order valence-electron chi connectivity index (χ1n) is 9.15. The van der Waals surface area contributed by atoms with Crippen LogP contribution < -0.4 is 10.2 Å². The minimum Gasteiger partial charge on any atom is -0.342 e. The molecule has 0 radical (unpaired) electrons. The molecule has 1 spiro atoms. The van der Waals surface area contributed by atoms with Gasteiger partial charge in [-0.3, -0.25) is 9.59 Å². The highest BCUT2D eigenvalue weighted by atomic mass is 19.1.